The van der Waals surface area contributed by atoms with Gasteiger partial charge in [-0.25, -0.2) is 4.68 Å². The Hall–Kier alpha value is -1.000. The van der Waals surface area contributed by atoms with E-state index in [4.69, 9.17) is 17.3 Å². The number of benzene rings is 1. The summed E-state index contributed by atoms with van der Waals surface area (Å²) in [5, 5.41) is 4.83. The van der Waals surface area contributed by atoms with Crippen molar-refractivity contribution in [3.05, 3.63) is 39.5 Å². The number of hydrogen-bond donors (Lipinski definition) is 1. The number of nitrogens with two attached hydrogens (primary N) is 1. The third kappa shape index (κ3) is 2.01. The molecule has 0 radical (unpaired) electrons. The minimum Gasteiger partial charge on any atom is -0.382 e. The van der Waals surface area contributed by atoms with Crippen molar-refractivity contribution in [2.75, 3.05) is 5.73 Å². The summed E-state index contributed by atoms with van der Waals surface area (Å²) >= 11 is 9.34. The maximum absolute atomic E-state index is 6.00. The lowest BCUT2D eigenvalue weighted by atomic mass is 10.3. The van der Waals surface area contributed by atoms with Gasteiger partial charge in [0, 0.05) is 16.2 Å². The number of aromatic nitrogens is 2. The van der Waals surface area contributed by atoms with Crippen LogP contribution in [-0.2, 0) is 0 Å². The molecule has 15 heavy (non-hydrogen) atoms. The molecule has 0 aliphatic rings. The Labute approximate surface area is 101 Å². The first-order valence-electron chi connectivity index (χ1n) is 4.35. The van der Waals surface area contributed by atoms with Crippen LogP contribution >= 0.6 is 27.5 Å². The van der Waals surface area contributed by atoms with E-state index in [1.54, 1.807) is 4.68 Å². The molecule has 78 valence electrons. The van der Waals surface area contributed by atoms with E-state index in [-0.39, 0.29) is 0 Å². The minimum atomic E-state index is 0.506. The fraction of sp³-hybridized carbons (Fsp3) is 0.100. The topological polar surface area (TPSA) is 43.8 Å². The highest BCUT2D eigenvalue weighted by Gasteiger charge is 2.05. The summed E-state index contributed by atoms with van der Waals surface area (Å²) in [6.45, 7) is 1.94. The van der Waals surface area contributed by atoms with Gasteiger partial charge in [-0.05, 0) is 41.1 Å². The SMILES string of the molecule is Cc1cc(N)nn1-c1ccc(Br)c(Cl)c1. The van der Waals surface area contributed by atoms with Gasteiger partial charge in [0.05, 0.1) is 10.7 Å². The molecule has 5 heteroatoms. The molecule has 0 saturated carbocycles. The number of hydrogen-bond acceptors (Lipinski definition) is 2. The largest absolute Gasteiger partial charge is 0.382 e. The summed E-state index contributed by atoms with van der Waals surface area (Å²) in [7, 11) is 0. The molecule has 3 nitrogen and oxygen atoms in total. The van der Waals surface area contributed by atoms with Crippen LogP contribution in [-0.4, -0.2) is 9.78 Å². The van der Waals surface area contributed by atoms with Gasteiger partial charge >= 0.3 is 0 Å². The molecule has 0 aliphatic carbocycles. The summed E-state index contributed by atoms with van der Waals surface area (Å²) in [6, 6.07) is 7.46. The number of halogens is 2. The molecule has 0 saturated heterocycles. The molecule has 2 aromatic rings. The lowest BCUT2D eigenvalue weighted by Crippen LogP contribution is -1.99. The van der Waals surface area contributed by atoms with E-state index in [0.29, 0.717) is 10.8 Å². The zero-order chi connectivity index (χ0) is 11.0. The van der Waals surface area contributed by atoms with Crippen molar-refractivity contribution in [1.29, 1.82) is 0 Å². The van der Waals surface area contributed by atoms with Crippen LogP contribution in [0.15, 0.2) is 28.7 Å². The molecule has 2 rings (SSSR count). The normalized spacial score (nSPS) is 10.6. The third-order valence-electron chi connectivity index (χ3n) is 2.05. The van der Waals surface area contributed by atoms with Gasteiger partial charge < -0.3 is 5.73 Å². The van der Waals surface area contributed by atoms with Gasteiger partial charge in [-0.3, -0.25) is 0 Å². The molecule has 0 fully saturated rings. The first kappa shape index (κ1) is 10.5. The maximum atomic E-state index is 6.00. The van der Waals surface area contributed by atoms with Crippen LogP contribution in [0.1, 0.15) is 5.69 Å². The fourth-order valence-corrected chi connectivity index (χ4v) is 1.80. The van der Waals surface area contributed by atoms with Crippen LogP contribution in [0.25, 0.3) is 5.69 Å². The van der Waals surface area contributed by atoms with Crippen molar-refractivity contribution in [3.63, 3.8) is 0 Å². The highest BCUT2D eigenvalue weighted by molar-refractivity contribution is 9.10. The number of nitrogens with zero attached hydrogens (tertiary/aromatic N) is 2. The smallest absolute Gasteiger partial charge is 0.146 e. The van der Waals surface area contributed by atoms with Crippen LogP contribution in [0.2, 0.25) is 5.02 Å². The number of anilines is 1. The highest BCUT2D eigenvalue weighted by Crippen LogP contribution is 2.25. The molecule has 0 unspecified atom stereocenters. The lowest BCUT2D eigenvalue weighted by Gasteiger charge is -2.05. The quantitative estimate of drug-likeness (QED) is 0.875. The zero-order valence-corrected chi connectivity index (χ0v) is 10.4. The molecule has 1 aromatic carbocycles. The van der Waals surface area contributed by atoms with E-state index in [2.05, 4.69) is 21.0 Å². The Morgan fingerprint density at radius 2 is 2.13 bits per heavy atom. The molecule has 0 atom stereocenters. The van der Waals surface area contributed by atoms with E-state index in [1.807, 2.05) is 31.2 Å². The molecule has 0 aliphatic heterocycles. The van der Waals surface area contributed by atoms with E-state index >= 15 is 0 Å². The predicted octanol–water partition coefficient (Wildman–Crippen LogP) is 3.18. The molecular weight excluding hydrogens is 277 g/mol. The van der Waals surface area contributed by atoms with Crippen LogP contribution in [0.5, 0.6) is 0 Å². The Kier molecular flexibility index (Phi) is 2.71. The first-order chi connectivity index (χ1) is 7.08. The van der Waals surface area contributed by atoms with Crippen molar-refractivity contribution in [3.8, 4) is 5.69 Å². The molecule has 0 spiro atoms. The summed E-state index contributed by atoms with van der Waals surface area (Å²) in [4.78, 5) is 0. The molecule has 2 N–H and O–H groups in total. The fourth-order valence-electron chi connectivity index (χ4n) is 1.38. The van der Waals surface area contributed by atoms with Crippen molar-refractivity contribution in [2.45, 2.75) is 6.92 Å². The van der Waals surface area contributed by atoms with Crippen molar-refractivity contribution >= 4 is 33.3 Å². The highest BCUT2D eigenvalue weighted by atomic mass is 79.9. The predicted molar refractivity (Wildman–Crippen MR) is 65.4 cm³/mol. The van der Waals surface area contributed by atoms with Crippen molar-refractivity contribution < 1.29 is 0 Å². The van der Waals surface area contributed by atoms with E-state index in [1.165, 1.54) is 0 Å². The molecular formula is C10H9BrClN3. The van der Waals surface area contributed by atoms with Gasteiger partial charge in [0.1, 0.15) is 5.82 Å². The second-order valence-corrected chi connectivity index (χ2v) is 4.48. The first-order valence-corrected chi connectivity index (χ1v) is 5.52. The Morgan fingerprint density at radius 3 is 2.67 bits per heavy atom. The zero-order valence-electron chi connectivity index (χ0n) is 8.04. The summed E-state index contributed by atoms with van der Waals surface area (Å²) < 4.78 is 2.62. The van der Waals surface area contributed by atoms with E-state index in [9.17, 15) is 0 Å². The number of nitrogen functional groups attached to an aromatic ring is 1. The van der Waals surface area contributed by atoms with Gasteiger partial charge in [0.15, 0.2) is 0 Å². The van der Waals surface area contributed by atoms with Crippen molar-refractivity contribution in [2.24, 2.45) is 0 Å². The Bertz CT molecular complexity index is 507. The molecule has 1 heterocycles. The second-order valence-electron chi connectivity index (χ2n) is 3.22. The molecule has 0 amide bonds. The van der Waals surface area contributed by atoms with E-state index < -0.39 is 0 Å². The number of rotatable bonds is 1. The summed E-state index contributed by atoms with van der Waals surface area (Å²) in [6.07, 6.45) is 0. The average Bonchev–Trinajstić information content (AvgIpc) is 2.50. The Morgan fingerprint density at radius 1 is 1.40 bits per heavy atom. The van der Waals surface area contributed by atoms with Gasteiger partial charge in [-0.2, -0.15) is 5.10 Å². The third-order valence-corrected chi connectivity index (χ3v) is 3.29. The van der Waals surface area contributed by atoms with Crippen molar-refractivity contribution in [1.82, 2.24) is 9.78 Å². The second kappa shape index (κ2) is 3.87. The lowest BCUT2D eigenvalue weighted by molar-refractivity contribution is 0.851. The number of aryl methyl sites for hydroxylation is 1. The monoisotopic (exact) mass is 285 g/mol. The minimum absolute atomic E-state index is 0.506. The van der Waals surface area contributed by atoms with Crippen LogP contribution < -0.4 is 5.73 Å². The van der Waals surface area contributed by atoms with Gasteiger partial charge in [0.25, 0.3) is 0 Å². The van der Waals surface area contributed by atoms with Gasteiger partial charge in [0.2, 0.25) is 0 Å². The summed E-state index contributed by atoms with van der Waals surface area (Å²) in [5.41, 5.74) is 7.49. The standard InChI is InChI=1S/C10H9BrClN3/c1-6-4-10(13)14-15(6)7-2-3-8(11)9(12)5-7/h2-5H,1H3,(H2,13,14). The van der Waals surface area contributed by atoms with E-state index in [0.717, 1.165) is 15.9 Å². The molecule has 0 bridgehead atoms. The van der Waals surface area contributed by atoms with Gasteiger partial charge in [-0.1, -0.05) is 11.6 Å². The van der Waals surface area contributed by atoms with Gasteiger partial charge in [-0.15, -0.1) is 0 Å². The van der Waals surface area contributed by atoms with Crippen LogP contribution in [0.3, 0.4) is 0 Å². The summed E-state index contributed by atoms with van der Waals surface area (Å²) in [5.74, 6) is 0.506. The maximum Gasteiger partial charge on any atom is 0.146 e. The van der Waals surface area contributed by atoms with Crippen LogP contribution in [0.4, 0.5) is 5.82 Å². The molecule has 1 aromatic heterocycles. The van der Waals surface area contributed by atoms with Crippen LogP contribution in [0, 0.1) is 6.92 Å². The average molecular weight is 287 g/mol. The Balaban J connectivity index is 2.54.